The zero-order valence-electron chi connectivity index (χ0n) is 14.8. The van der Waals surface area contributed by atoms with Gasteiger partial charge in [-0.3, -0.25) is 0 Å². The molecule has 0 spiro atoms. The van der Waals surface area contributed by atoms with E-state index in [-0.39, 0.29) is 12.4 Å². The number of hydrogen-bond donors (Lipinski definition) is 1. The minimum Gasteiger partial charge on any atom is -1.00 e. The molecule has 5 nitrogen and oxygen atoms in total. The van der Waals surface area contributed by atoms with Crippen molar-refractivity contribution in [2.45, 2.75) is 13.5 Å². The molecule has 0 unspecified atom stereocenters. The van der Waals surface area contributed by atoms with Crippen LogP contribution in [0.2, 0.25) is 0 Å². The first-order chi connectivity index (χ1) is 12.7. The molecule has 134 valence electrons. The van der Waals surface area contributed by atoms with Crippen LogP contribution < -0.4 is 23.5 Å². The van der Waals surface area contributed by atoms with E-state index in [1.807, 2.05) is 48.5 Å². The highest BCUT2D eigenvalue weighted by molar-refractivity contribution is 6.05. The number of benzene rings is 3. The molecule has 2 N–H and O–H groups in total. The lowest BCUT2D eigenvalue weighted by molar-refractivity contribution is -0.00000545. The first-order valence-corrected chi connectivity index (χ1v) is 8.52. The molecule has 2 aromatic carbocycles. The smallest absolute Gasteiger partial charge is 0.339 e. The zero-order chi connectivity index (χ0) is 18.1. The van der Waals surface area contributed by atoms with Crippen molar-refractivity contribution in [2.24, 2.45) is 5.10 Å². The molecule has 0 saturated carbocycles. The highest BCUT2D eigenvalue weighted by atomic mass is 35.5. The molecule has 2 aromatic rings. The molecule has 1 aliphatic carbocycles. The van der Waals surface area contributed by atoms with Crippen LogP contribution in [0.1, 0.15) is 6.92 Å². The topological polar surface area (TPSA) is 71.5 Å². The summed E-state index contributed by atoms with van der Waals surface area (Å²) in [6.07, 6.45) is 0. The highest BCUT2D eigenvalue weighted by Crippen LogP contribution is 2.38. The van der Waals surface area contributed by atoms with Crippen LogP contribution in [0.25, 0.3) is 38.4 Å². The second-order valence-corrected chi connectivity index (χ2v) is 6.15. The molecule has 0 fully saturated rings. The summed E-state index contributed by atoms with van der Waals surface area (Å²) in [5.74, 6) is 0. The fourth-order valence-corrected chi connectivity index (χ4v) is 3.58. The monoisotopic (exact) mass is 375 g/mol. The van der Waals surface area contributed by atoms with E-state index in [0.29, 0.717) is 5.36 Å². The number of aromatic nitrogens is 1. The Labute approximate surface area is 163 Å². The summed E-state index contributed by atoms with van der Waals surface area (Å²) < 4.78 is 2.25. The van der Waals surface area contributed by atoms with Gasteiger partial charge in [0.15, 0.2) is 10.5 Å². The van der Waals surface area contributed by atoms with Crippen LogP contribution in [0, 0.1) is 5.39 Å². The predicted molar refractivity (Wildman–Crippen MR) is 105 cm³/mol. The fraction of sp³-hybridized carbons (Fsp3) is 0.0952. The number of nitrogens with two attached hydrogens (primary N) is 1. The van der Waals surface area contributed by atoms with Crippen molar-refractivity contribution in [1.82, 2.24) is 4.57 Å². The van der Waals surface area contributed by atoms with Gasteiger partial charge in [-0.15, -0.1) is 0 Å². The van der Waals surface area contributed by atoms with Gasteiger partial charge < -0.3 is 22.7 Å². The summed E-state index contributed by atoms with van der Waals surface area (Å²) in [5.41, 5.74) is 11.2. The van der Waals surface area contributed by atoms with Crippen molar-refractivity contribution in [1.29, 1.82) is 5.39 Å². The fourth-order valence-electron chi connectivity index (χ4n) is 3.58. The molecule has 0 saturated heterocycles. The number of nitrogens with zero attached hydrogens (tertiary/aromatic N) is 4. The second kappa shape index (κ2) is 7.48. The molecule has 0 amide bonds. The van der Waals surface area contributed by atoms with Crippen molar-refractivity contribution < 1.29 is 12.4 Å². The molecule has 0 aromatic heterocycles. The Bertz CT molecular complexity index is 1190. The van der Waals surface area contributed by atoms with Gasteiger partial charge in [0, 0.05) is 23.2 Å². The molecule has 0 atom stereocenters. The summed E-state index contributed by atoms with van der Waals surface area (Å²) in [6, 6.07) is 22.1. The Hall–Kier alpha value is -3.36. The van der Waals surface area contributed by atoms with E-state index in [9.17, 15) is 0 Å². The van der Waals surface area contributed by atoms with E-state index in [1.54, 1.807) is 0 Å². The van der Waals surface area contributed by atoms with E-state index in [2.05, 4.69) is 39.9 Å². The Morgan fingerprint density at radius 3 is 2.48 bits per heavy atom. The van der Waals surface area contributed by atoms with Crippen LogP contribution in [0.5, 0.6) is 0 Å². The van der Waals surface area contributed by atoms with Crippen LogP contribution in [-0.2, 0) is 6.54 Å². The number of hydrogen-bond acceptors (Lipinski definition) is 3. The van der Waals surface area contributed by atoms with E-state index in [1.165, 1.54) is 0 Å². The standard InChI is InChI=1S/C21H18N5.ClH/c1-2-26-20-13-16(24-25-23)9-11-18(20)17-10-8-15(22)12-19(17)21(26)14-6-4-3-5-7-14;/h3-13H,2,22H2,1H3;1H/q+1;/p-1. The molecule has 0 radical (unpaired) electrons. The molecule has 1 aliphatic heterocycles. The normalized spacial score (nSPS) is 11.3. The lowest BCUT2D eigenvalue weighted by Gasteiger charge is -2.23. The van der Waals surface area contributed by atoms with E-state index >= 15 is 0 Å². The van der Waals surface area contributed by atoms with Crippen molar-refractivity contribution in [3.63, 3.8) is 0 Å². The lowest BCUT2D eigenvalue weighted by atomic mass is 9.95. The Kier molecular flexibility index (Phi) is 5.11. The van der Waals surface area contributed by atoms with Gasteiger partial charge in [-0.1, -0.05) is 36.4 Å². The largest absolute Gasteiger partial charge is 1.00 e. The first kappa shape index (κ1) is 18.4. The number of rotatable bonds is 2. The third-order valence-corrected chi connectivity index (χ3v) is 4.65. The number of anilines is 1. The van der Waals surface area contributed by atoms with Gasteiger partial charge in [0.1, 0.15) is 0 Å². The number of pyridine rings is 1. The molecule has 4 rings (SSSR count). The number of diazo groups is 1. The van der Waals surface area contributed by atoms with Crippen molar-refractivity contribution >= 4 is 16.5 Å². The van der Waals surface area contributed by atoms with E-state index in [0.717, 1.165) is 45.5 Å². The first-order valence-electron chi connectivity index (χ1n) is 8.52. The Balaban J connectivity index is 0.00000210. The van der Waals surface area contributed by atoms with E-state index in [4.69, 9.17) is 11.1 Å². The molecular formula is C21H18ClN5. The summed E-state index contributed by atoms with van der Waals surface area (Å²) in [4.78, 5) is 0. The average Bonchev–Trinajstić information content (AvgIpc) is 2.67. The molecule has 0 bridgehead atoms. The Morgan fingerprint density at radius 1 is 1.00 bits per heavy atom. The van der Waals surface area contributed by atoms with Gasteiger partial charge in [-0.05, 0) is 48.2 Å². The Morgan fingerprint density at radius 2 is 1.78 bits per heavy atom. The second-order valence-electron chi connectivity index (χ2n) is 6.15. The molecule has 27 heavy (non-hydrogen) atoms. The highest BCUT2D eigenvalue weighted by Gasteiger charge is 2.18. The maximum Gasteiger partial charge on any atom is 0.339 e. The predicted octanol–water partition coefficient (Wildman–Crippen LogP) is 1.69. The maximum absolute atomic E-state index is 8.79. The summed E-state index contributed by atoms with van der Waals surface area (Å²) >= 11 is 0. The van der Waals surface area contributed by atoms with Crippen LogP contribution in [0.3, 0.4) is 0 Å². The third-order valence-electron chi connectivity index (χ3n) is 4.65. The average molecular weight is 376 g/mol. The summed E-state index contributed by atoms with van der Waals surface area (Å²) in [6.45, 7) is 2.90. The van der Waals surface area contributed by atoms with Crippen molar-refractivity contribution in [3.05, 3.63) is 77.2 Å². The van der Waals surface area contributed by atoms with Crippen LogP contribution in [-0.4, -0.2) is 4.57 Å². The van der Waals surface area contributed by atoms with Crippen LogP contribution >= 0.6 is 0 Å². The minimum absolute atomic E-state index is 0. The van der Waals surface area contributed by atoms with E-state index < -0.39 is 0 Å². The van der Waals surface area contributed by atoms with Gasteiger partial charge in [0.2, 0.25) is 0 Å². The zero-order valence-corrected chi connectivity index (χ0v) is 15.6. The quantitative estimate of drug-likeness (QED) is 0.250. The van der Waals surface area contributed by atoms with Gasteiger partial charge in [-0.2, -0.15) is 0 Å². The summed E-state index contributed by atoms with van der Waals surface area (Å²) in [5, 5.41) is 18.3. The molecule has 6 heteroatoms. The van der Waals surface area contributed by atoms with Crippen LogP contribution in [0.4, 0.5) is 5.69 Å². The van der Waals surface area contributed by atoms with Gasteiger partial charge >= 0.3 is 5.08 Å². The van der Waals surface area contributed by atoms with Gasteiger partial charge in [0.25, 0.3) is 5.39 Å². The number of fused-ring (bicyclic) bond motifs is 3. The third kappa shape index (κ3) is 3.12. The molecular weight excluding hydrogens is 358 g/mol. The molecule has 1 heterocycles. The number of nitrogen functional groups attached to an aromatic ring is 1. The van der Waals surface area contributed by atoms with Crippen molar-refractivity contribution in [3.8, 4) is 22.5 Å². The SMILES string of the molecule is CCn1c2cc(=N[N+]#N)ccc-2c2ccc(N)cc2c1-c1ccccc1.[Cl-]. The minimum atomic E-state index is 0. The van der Waals surface area contributed by atoms with Crippen LogP contribution in [0.15, 0.2) is 71.8 Å². The van der Waals surface area contributed by atoms with Gasteiger partial charge in [0.05, 0.1) is 11.4 Å². The van der Waals surface area contributed by atoms with Crippen molar-refractivity contribution in [2.75, 3.05) is 5.73 Å². The summed E-state index contributed by atoms with van der Waals surface area (Å²) in [7, 11) is 0. The number of halogens is 1. The van der Waals surface area contributed by atoms with Gasteiger partial charge in [-0.25, -0.2) is 0 Å². The molecule has 2 aliphatic rings. The maximum atomic E-state index is 8.79. The lowest BCUT2D eigenvalue weighted by Crippen LogP contribution is -3.00.